The monoisotopic (exact) mass is 346 g/mol. The Hall–Kier alpha value is -0.380. The van der Waals surface area contributed by atoms with Gasteiger partial charge in [0.1, 0.15) is 0 Å². The predicted octanol–water partition coefficient (Wildman–Crippen LogP) is 4.44. The SMILES string of the molecule is C[C@]12CCC3(CC1=CCC1C2CC[C@@]2(C)C1CC[C@@]2(C)O)OCCO3. The summed E-state index contributed by atoms with van der Waals surface area (Å²) in [6, 6.07) is 0. The van der Waals surface area contributed by atoms with Gasteiger partial charge in [0.25, 0.3) is 0 Å². The van der Waals surface area contributed by atoms with Crippen LogP contribution in [0.3, 0.4) is 0 Å². The molecule has 1 saturated heterocycles. The molecule has 1 aliphatic heterocycles. The second-order valence-corrected chi connectivity index (χ2v) is 10.3. The maximum Gasteiger partial charge on any atom is 0.172 e. The van der Waals surface area contributed by atoms with E-state index in [0.717, 1.165) is 44.3 Å². The first-order valence-corrected chi connectivity index (χ1v) is 10.5. The van der Waals surface area contributed by atoms with Gasteiger partial charge in [-0.2, -0.15) is 0 Å². The van der Waals surface area contributed by atoms with Crippen molar-refractivity contribution in [1.82, 2.24) is 0 Å². The fraction of sp³-hybridized carbons (Fsp3) is 0.909. The van der Waals surface area contributed by atoms with Gasteiger partial charge in [0.15, 0.2) is 5.79 Å². The molecule has 140 valence electrons. The molecule has 0 amide bonds. The molecule has 0 aromatic carbocycles. The van der Waals surface area contributed by atoms with Gasteiger partial charge in [0, 0.05) is 12.8 Å². The van der Waals surface area contributed by atoms with E-state index >= 15 is 0 Å². The second-order valence-electron chi connectivity index (χ2n) is 10.3. The molecule has 6 atom stereocenters. The average molecular weight is 347 g/mol. The quantitative estimate of drug-likeness (QED) is 0.659. The van der Waals surface area contributed by atoms with Crippen LogP contribution in [0.1, 0.15) is 72.1 Å². The van der Waals surface area contributed by atoms with Crippen molar-refractivity contribution < 1.29 is 14.6 Å². The summed E-state index contributed by atoms with van der Waals surface area (Å²) < 4.78 is 12.1. The third-order valence-electron chi connectivity index (χ3n) is 9.49. The standard InChI is InChI=1S/C22H34O3/c1-19-10-11-22(24-12-13-25-22)14-15(19)4-5-16-17(19)6-8-20(2)18(16)7-9-21(20,3)23/h4,16-18,23H,5-14H2,1-3H3/t16?,17?,18?,19-,20-,21+/m0/s1. The molecule has 1 heterocycles. The van der Waals surface area contributed by atoms with E-state index in [4.69, 9.17) is 9.47 Å². The normalized spacial score (nSPS) is 53.9. The van der Waals surface area contributed by atoms with E-state index in [-0.39, 0.29) is 11.2 Å². The van der Waals surface area contributed by atoms with E-state index in [1.807, 2.05) is 0 Å². The van der Waals surface area contributed by atoms with Crippen molar-refractivity contribution in [2.75, 3.05) is 13.2 Å². The fourth-order valence-corrected chi connectivity index (χ4v) is 7.59. The minimum Gasteiger partial charge on any atom is -0.390 e. The summed E-state index contributed by atoms with van der Waals surface area (Å²) >= 11 is 0. The highest BCUT2D eigenvalue weighted by Gasteiger charge is 2.63. The maximum atomic E-state index is 11.0. The molecule has 3 saturated carbocycles. The van der Waals surface area contributed by atoms with Gasteiger partial charge in [-0.05, 0) is 74.0 Å². The van der Waals surface area contributed by atoms with Crippen LogP contribution >= 0.6 is 0 Å². The number of hydrogen-bond donors (Lipinski definition) is 1. The first kappa shape index (κ1) is 16.8. The van der Waals surface area contributed by atoms with E-state index in [1.54, 1.807) is 5.57 Å². The molecular weight excluding hydrogens is 312 g/mol. The van der Waals surface area contributed by atoms with Gasteiger partial charge in [-0.1, -0.05) is 25.5 Å². The highest BCUT2D eigenvalue weighted by atomic mass is 16.7. The van der Waals surface area contributed by atoms with Crippen LogP contribution in [-0.4, -0.2) is 29.7 Å². The van der Waals surface area contributed by atoms with Crippen LogP contribution in [0.4, 0.5) is 0 Å². The molecule has 5 aliphatic rings. The Labute approximate surface area is 152 Å². The van der Waals surface area contributed by atoms with Crippen molar-refractivity contribution in [3.05, 3.63) is 11.6 Å². The number of aliphatic hydroxyl groups is 1. The number of fused-ring (bicyclic) bond motifs is 5. The minimum atomic E-state index is -0.477. The molecule has 0 radical (unpaired) electrons. The topological polar surface area (TPSA) is 38.7 Å². The molecule has 3 heteroatoms. The smallest absolute Gasteiger partial charge is 0.172 e. The lowest BCUT2D eigenvalue weighted by molar-refractivity contribution is -0.187. The van der Waals surface area contributed by atoms with E-state index in [2.05, 4.69) is 26.8 Å². The van der Waals surface area contributed by atoms with Crippen molar-refractivity contribution in [3.63, 3.8) is 0 Å². The van der Waals surface area contributed by atoms with E-state index in [9.17, 15) is 5.11 Å². The van der Waals surface area contributed by atoms with Gasteiger partial charge >= 0.3 is 0 Å². The average Bonchev–Trinajstić information content (AvgIpc) is 3.11. The first-order valence-electron chi connectivity index (χ1n) is 10.5. The lowest BCUT2D eigenvalue weighted by Gasteiger charge is -2.59. The molecular formula is C22H34O3. The third-order valence-corrected chi connectivity index (χ3v) is 9.49. The molecule has 4 aliphatic carbocycles. The van der Waals surface area contributed by atoms with Crippen LogP contribution in [0.15, 0.2) is 11.6 Å². The van der Waals surface area contributed by atoms with Crippen LogP contribution in [0.2, 0.25) is 0 Å². The summed E-state index contributed by atoms with van der Waals surface area (Å²) in [6.45, 7) is 8.50. The maximum absolute atomic E-state index is 11.0. The summed E-state index contributed by atoms with van der Waals surface area (Å²) in [5.74, 6) is 1.91. The predicted molar refractivity (Wildman–Crippen MR) is 97.0 cm³/mol. The van der Waals surface area contributed by atoms with Crippen molar-refractivity contribution in [3.8, 4) is 0 Å². The first-order chi connectivity index (χ1) is 11.8. The zero-order valence-electron chi connectivity index (χ0n) is 16.1. The minimum absolute atomic E-state index is 0.115. The summed E-state index contributed by atoms with van der Waals surface area (Å²) in [5, 5.41) is 11.0. The van der Waals surface area contributed by atoms with Gasteiger partial charge in [-0.3, -0.25) is 0 Å². The number of rotatable bonds is 0. The Balaban J connectivity index is 1.46. The number of ether oxygens (including phenoxy) is 2. The third kappa shape index (κ3) is 2.09. The van der Waals surface area contributed by atoms with Crippen LogP contribution in [-0.2, 0) is 9.47 Å². The van der Waals surface area contributed by atoms with Crippen LogP contribution < -0.4 is 0 Å². The zero-order valence-corrected chi connectivity index (χ0v) is 16.1. The lowest BCUT2D eigenvalue weighted by Crippen LogP contribution is -2.54. The Kier molecular flexibility index (Phi) is 3.43. The molecule has 0 bridgehead atoms. The Morgan fingerprint density at radius 2 is 1.68 bits per heavy atom. The van der Waals surface area contributed by atoms with Crippen molar-refractivity contribution in [2.45, 2.75) is 83.5 Å². The van der Waals surface area contributed by atoms with Crippen molar-refractivity contribution >= 4 is 0 Å². The van der Waals surface area contributed by atoms with E-state index in [0.29, 0.717) is 11.3 Å². The Morgan fingerprint density at radius 3 is 2.44 bits per heavy atom. The van der Waals surface area contributed by atoms with Gasteiger partial charge in [0.05, 0.1) is 18.8 Å². The molecule has 1 N–H and O–H groups in total. The van der Waals surface area contributed by atoms with Crippen LogP contribution in [0.5, 0.6) is 0 Å². The summed E-state index contributed by atoms with van der Waals surface area (Å²) in [6.07, 6.45) is 11.6. The molecule has 3 nitrogen and oxygen atoms in total. The molecule has 1 spiro atoms. The van der Waals surface area contributed by atoms with Gasteiger partial charge in [-0.25, -0.2) is 0 Å². The van der Waals surface area contributed by atoms with Crippen molar-refractivity contribution in [2.24, 2.45) is 28.6 Å². The molecule has 25 heavy (non-hydrogen) atoms. The lowest BCUT2D eigenvalue weighted by atomic mass is 9.47. The van der Waals surface area contributed by atoms with E-state index < -0.39 is 5.60 Å². The number of hydrogen-bond acceptors (Lipinski definition) is 3. The van der Waals surface area contributed by atoms with Gasteiger partial charge < -0.3 is 14.6 Å². The van der Waals surface area contributed by atoms with Crippen LogP contribution in [0.25, 0.3) is 0 Å². The summed E-state index contributed by atoms with van der Waals surface area (Å²) in [7, 11) is 0. The van der Waals surface area contributed by atoms with E-state index in [1.165, 1.54) is 32.1 Å². The molecule has 0 aromatic rings. The molecule has 3 unspecified atom stereocenters. The fourth-order valence-electron chi connectivity index (χ4n) is 7.59. The molecule has 4 fully saturated rings. The largest absolute Gasteiger partial charge is 0.390 e. The second kappa shape index (κ2) is 5.11. The van der Waals surface area contributed by atoms with Crippen LogP contribution in [0, 0.1) is 28.6 Å². The summed E-state index contributed by atoms with van der Waals surface area (Å²) in [5.41, 5.74) is 1.56. The highest BCUT2D eigenvalue weighted by molar-refractivity contribution is 5.27. The zero-order chi connectivity index (χ0) is 17.5. The Bertz CT molecular complexity index is 602. The van der Waals surface area contributed by atoms with Gasteiger partial charge in [-0.15, -0.1) is 0 Å². The van der Waals surface area contributed by atoms with Crippen molar-refractivity contribution in [1.29, 1.82) is 0 Å². The highest BCUT2D eigenvalue weighted by Crippen LogP contribution is 2.67. The molecule has 0 aromatic heterocycles. The van der Waals surface area contributed by atoms with Gasteiger partial charge in [0.2, 0.25) is 0 Å². The summed E-state index contributed by atoms with van der Waals surface area (Å²) in [4.78, 5) is 0. The molecule has 5 rings (SSSR count). The number of allylic oxidation sites excluding steroid dienone is 1. The Morgan fingerprint density at radius 1 is 0.960 bits per heavy atom.